The van der Waals surface area contributed by atoms with E-state index in [1.165, 1.54) is 11.8 Å². The Hall–Kier alpha value is -1.99. The van der Waals surface area contributed by atoms with E-state index in [-0.39, 0.29) is 12.7 Å². The molecule has 120 valence electrons. The maximum absolute atomic E-state index is 12.2. The summed E-state index contributed by atoms with van der Waals surface area (Å²) >= 11 is 1.45. The molecule has 1 amide bonds. The van der Waals surface area contributed by atoms with E-state index in [0.29, 0.717) is 4.91 Å². The quantitative estimate of drug-likeness (QED) is 0.729. The van der Waals surface area contributed by atoms with Crippen LogP contribution in [0.1, 0.15) is 5.56 Å². The highest BCUT2D eigenvalue weighted by molar-refractivity contribution is 8.18. The van der Waals surface area contributed by atoms with E-state index in [0.717, 1.165) is 48.4 Å². The van der Waals surface area contributed by atoms with Crippen molar-refractivity contribution in [2.75, 3.05) is 40.0 Å². The number of nitrogens with zero attached hydrogens (tertiary/aromatic N) is 3. The van der Waals surface area contributed by atoms with E-state index in [1.807, 2.05) is 24.3 Å². The number of likely N-dealkylation sites (N-methyl/N-ethyl adjacent to an activating group) is 1. The fourth-order valence-electron chi connectivity index (χ4n) is 2.69. The van der Waals surface area contributed by atoms with Crippen molar-refractivity contribution >= 4 is 28.9 Å². The average Bonchev–Trinajstić information content (AvgIpc) is 3.15. The molecule has 0 N–H and O–H groups in total. The second-order valence-corrected chi connectivity index (χ2v) is 6.72. The zero-order chi connectivity index (χ0) is 15.8. The number of ether oxygens (including phenoxy) is 2. The number of benzene rings is 1. The summed E-state index contributed by atoms with van der Waals surface area (Å²) in [6.45, 7) is 4.06. The SMILES string of the molecule is CN1CCN(C2=NC(=O)/C(=C/c3ccc4c(c3)OCO4)S2)CC1. The van der Waals surface area contributed by atoms with Crippen molar-refractivity contribution in [3.05, 3.63) is 28.7 Å². The third kappa shape index (κ3) is 2.94. The monoisotopic (exact) mass is 331 g/mol. The van der Waals surface area contributed by atoms with Crippen LogP contribution < -0.4 is 9.47 Å². The number of amides is 1. The molecule has 0 atom stereocenters. The minimum Gasteiger partial charge on any atom is -0.454 e. The number of carbonyl (C=O) groups excluding carboxylic acids is 1. The molecule has 3 aliphatic heterocycles. The highest BCUT2D eigenvalue weighted by atomic mass is 32.2. The maximum atomic E-state index is 12.2. The van der Waals surface area contributed by atoms with Crippen molar-refractivity contribution in [3.63, 3.8) is 0 Å². The molecule has 0 spiro atoms. The van der Waals surface area contributed by atoms with Gasteiger partial charge in [0.1, 0.15) is 0 Å². The van der Waals surface area contributed by atoms with Crippen molar-refractivity contribution < 1.29 is 14.3 Å². The van der Waals surface area contributed by atoms with Gasteiger partial charge in [-0.3, -0.25) is 4.79 Å². The van der Waals surface area contributed by atoms with Gasteiger partial charge in [-0.15, -0.1) is 0 Å². The highest BCUT2D eigenvalue weighted by Crippen LogP contribution is 2.35. The third-order valence-corrected chi connectivity index (χ3v) is 5.12. The van der Waals surface area contributed by atoms with Crippen LogP contribution in [0.15, 0.2) is 28.1 Å². The molecule has 1 aromatic carbocycles. The minimum atomic E-state index is -0.165. The lowest BCUT2D eigenvalue weighted by Crippen LogP contribution is -2.46. The predicted molar refractivity (Wildman–Crippen MR) is 89.6 cm³/mol. The summed E-state index contributed by atoms with van der Waals surface area (Å²) in [7, 11) is 2.11. The Morgan fingerprint density at radius 3 is 2.78 bits per heavy atom. The van der Waals surface area contributed by atoms with Crippen molar-refractivity contribution in [3.8, 4) is 11.5 Å². The summed E-state index contributed by atoms with van der Waals surface area (Å²) in [5, 5.41) is 0.815. The van der Waals surface area contributed by atoms with E-state index < -0.39 is 0 Å². The van der Waals surface area contributed by atoms with Crippen LogP contribution in [-0.4, -0.2) is 60.9 Å². The van der Waals surface area contributed by atoms with Gasteiger partial charge in [-0.25, -0.2) is 0 Å². The molecule has 0 bridgehead atoms. The standard InChI is InChI=1S/C16H17N3O3S/c1-18-4-6-19(7-5-18)16-17-15(20)14(23-16)9-11-2-3-12-13(8-11)22-10-21-12/h2-3,8-9H,4-7,10H2,1H3/b14-9-. The summed E-state index contributed by atoms with van der Waals surface area (Å²) in [5.41, 5.74) is 0.917. The molecule has 6 nitrogen and oxygen atoms in total. The second kappa shape index (κ2) is 5.90. The fraction of sp³-hybridized carbons (Fsp3) is 0.375. The number of thioether (sulfide) groups is 1. The van der Waals surface area contributed by atoms with Crippen molar-refractivity contribution in [1.29, 1.82) is 0 Å². The number of hydrogen-bond acceptors (Lipinski definition) is 6. The summed E-state index contributed by atoms with van der Waals surface area (Å²) in [6, 6.07) is 5.67. The molecule has 0 saturated carbocycles. The van der Waals surface area contributed by atoms with Gasteiger partial charge in [0.2, 0.25) is 6.79 Å². The number of rotatable bonds is 1. The maximum Gasteiger partial charge on any atom is 0.286 e. The van der Waals surface area contributed by atoms with E-state index in [9.17, 15) is 4.79 Å². The van der Waals surface area contributed by atoms with E-state index in [1.54, 1.807) is 0 Å². The van der Waals surface area contributed by atoms with Crippen LogP contribution in [-0.2, 0) is 4.79 Å². The third-order valence-electron chi connectivity index (χ3n) is 4.08. The predicted octanol–water partition coefficient (Wildman–Crippen LogP) is 1.63. The highest BCUT2D eigenvalue weighted by Gasteiger charge is 2.27. The van der Waals surface area contributed by atoms with Crippen LogP contribution >= 0.6 is 11.8 Å². The lowest BCUT2D eigenvalue weighted by atomic mass is 10.2. The largest absolute Gasteiger partial charge is 0.454 e. The zero-order valence-electron chi connectivity index (χ0n) is 12.8. The molecule has 0 aromatic heterocycles. The van der Waals surface area contributed by atoms with Crippen molar-refractivity contribution in [1.82, 2.24) is 9.80 Å². The molecule has 1 aromatic rings. The van der Waals surface area contributed by atoms with Crippen molar-refractivity contribution in [2.24, 2.45) is 4.99 Å². The fourth-order valence-corrected chi connectivity index (χ4v) is 3.65. The lowest BCUT2D eigenvalue weighted by molar-refractivity contribution is -0.113. The molecule has 0 unspecified atom stereocenters. The van der Waals surface area contributed by atoms with Gasteiger partial charge in [-0.2, -0.15) is 4.99 Å². The average molecular weight is 331 g/mol. The number of carbonyl (C=O) groups is 1. The molecular weight excluding hydrogens is 314 g/mol. The normalized spacial score (nSPS) is 22.8. The first-order valence-electron chi connectivity index (χ1n) is 7.55. The molecule has 1 fully saturated rings. The number of amidine groups is 1. The van der Waals surface area contributed by atoms with Crippen LogP contribution in [0.4, 0.5) is 0 Å². The molecule has 0 radical (unpaired) electrons. The van der Waals surface area contributed by atoms with Gasteiger partial charge >= 0.3 is 0 Å². The number of aliphatic imine (C=N–C) groups is 1. The van der Waals surface area contributed by atoms with Gasteiger partial charge in [0.25, 0.3) is 5.91 Å². The minimum absolute atomic E-state index is 0.165. The number of hydrogen-bond donors (Lipinski definition) is 0. The smallest absolute Gasteiger partial charge is 0.286 e. The Balaban J connectivity index is 1.49. The number of fused-ring (bicyclic) bond motifs is 1. The van der Waals surface area contributed by atoms with Crippen LogP contribution in [0.5, 0.6) is 11.5 Å². The Bertz CT molecular complexity index is 709. The van der Waals surface area contributed by atoms with Gasteiger partial charge in [0, 0.05) is 26.2 Å². The molecule has 1 saturated heterocycles. The van der Waals surface area contributed by atoms with E-state index in [4.69, 9.17) is 9.47 Å². The Morgan fingerprint density at radius 1 is 1.17 bits per heavy atom. The summed E-state index contributed by atoms with van der Waals surface area (Å²) in [6.07, 6.45) is 1.86. The zero-order valence-corrected chi connectivity index (χ0v) is 13.6. The molecule has 7 heteroatoms. The van der Waals surface area contributed by atoms with E-state index >= 15 is 0 Å². The number of piperazine rings is 1. The van der Waals surface area contributed by atoms with Crippen LogP contribution in [0.25, 0.3) is 6.08 Å². The molecule has 23 heavy (non-hydrogen) atoms. The van der Waals surface area contributed by atoms with Gasteiger partial charge in [-0.1, -0.05) is 6.07 Å². The summed E-state index contributed by atoms with van der Waals surface area (Å²) in [5.74, 6) is 1.29. The summed E-state index contributed by atoms with van der Waals surface area (Å²) in [4.78, 5) is 21.5. The Labute approximate surface area is 138 Å². The van der Waals surface area contributed by atoms with Crippen LogP contribution in [0.3, 0.4) is 0 Å². The van der Waals surface area contributed by atoms with Gasteiger partial charge in [-0.05, 0) is 42.6 Å². The van der Waals surface area contributed by atoms with Crippen LogP contribution in [0, 0.1) is 0 Å². The second-order valence-electron chi connectivity index (χ2n) is 5.71. The first kappa shape index (κ1) is 14.6. The van der Waals surface area contributed by atoms with E-state index in [2.05, 4.69) is 21.8 Å². The first-order valence-corrected chi connectivity index (χ1v) is 8.36. The van der Waals surface area contributed by atoms with Gasteiger partial charge in [0.15, 0.2) is 16.7 Å². The van der Waals surface area contributed by atoms with Gasteiger partial charge in [0.05, 0.1) is 4.91 Å². The lowest BCUT2D eigenvalue weighted by Gasteiger charge is -2.32. The topological polar surface area (TPSA) is 54.4 Å². The summed E-state index contributed by atoms with van der Waals surface area (Å²) < 4.78 is 10.7. The van der Waals surface area contributed by atoms with Gasteiger partial charge < -0.3 is 19.3 Å². The molecule has 4 rings (SSSR count). The Morgan fingerprint density at radius 2 is 1.96 bits per heavy atom. The van der Waals surface area contributed by atoms with Crippen molar-refractivity contribution in [2.45, 2.75) is 0 Å². The molecule has 0 aliphatic carbocycles. The molecule has 3 aliphatic rings. The molecular formula is C16H17N3O3S. The molecule has 3 heterocycles. The Kier molecular flexibility index (Phi) is 3.74. The first-order chi connectivity index (χ1) is 11.2. The van der Waals surface area contributed by atoms with Crippen LogP contribution in [0.2, 0.25) is 0 Å².